The first-order valence-electron chi connectivity index (χ1n) is 5.24. The number of carbonyl (C=O) groups is 1. The average molecular weight is 284 g/mol. The summed E-state index contributed by atoms with van der Waals surface area (Å²) in [5.74, 6) is 0.291. The van der Waals surface area contributed by atoms with E-state index in [0.717, 1.165) is 5.69 Å². The number of rotatable bonds is 2. The molecule has 1 N–H and O–H groups in total. The zero-order valence-electron chi connectivity index (χ0n) is 9.87. The van der Waals surface area contributed by atoms with Crippen LogP contribution in [-0.2, 0) is 7.05 Å². The molecule has 1 aromatic heterocycles. The van der Waals surface area contributed by atoms with E-state index in [1.807, 2.05) is 6.92 Å². The molecule has 0 fully saturated rings. The van der Waals surface area contributed by atoms with Crippen LogP contribution in [0.4, 0.5) is 5.82 Å². The van der Waals surface area contributed by atoms with E-state index in [1.165, 1.54) is 6.07 Å². The van der Waals surface area contributed by atoms with E-state index < -0.39 is 0 Å². The van der Waals surface area contributed by atoms with Crippen molar-refractivity contribution in [1.82, 2.24) is 9.78 Å². The fourth-order valence-corrected chi connectivity index (χ4v) is 1.96. The quantitative estimate of drug-likeness (QED) is 0.919. The van der Waals surface area contributed by atoms with Crippen molar-refractivity contribution in [2.45, 2.75) is 6.92 Å². The zero-order chi connectivity index (χ0) is 13.3. The Morgan fingerprint density at radius 3 is 2.67 bits per heavy atom. The van der Waals surface area contributed by atoms with Gasteiger partial charge in [0.15, 0.2) is 0 Å². The van der Waals surface area contributed by atoms with Crippen molar-refractivity contribution in [3.8, 4) is 0 Å². The fourth-order valence-electron chi connectivity index (χ4n) is 1.58. The van der Waals surface area contributed by atoms with Crippen LogP contribution in [0.3, 0.4) is 0 Å². The molecule has 1 amide bonds. The molecular weight excluding hydrogens is 273 g/mol. The minimum atomic E-state index is -0.314. The van der Waals surface area contributed by atoms with E-state index in [0.29, 0.717) is 21.4 Å². The molecule has 0 aliphatic rings. The summed E-state index contributed by atoms with van der Waals surface area (Å²) < 4.78 is 1.59. The Kier molecular flexibility index (Phi) is 3.59. The summed E-state index contributed by atoms with van der Waals surface area (Å²) in [4.78, 5) is 12.1. The van der Waals surface area contributed by atoms with Gasteiger partial charge >= 0.3 is 0 Å². The number of aromatic nitrogens is 2. The number of carbonyl (C=O) groups excluding carboxylic acids is 1. The second-order valence-electron chi connectivity index (χ2n) is 3.87. The topological polar surface area (TPSA) is 46.9 Å². The lowest BCUT2D eigenvalue weighted by atomic mass is 10.2. The summed E-state index contributed by atoms with van der Waals surface area (Å²) in [6, 6.07) is 6.53. The molecule has 0 bridgehead atoms. The van der Waals surface area contributed by atoms with Crippen LogP contribution in [-0.4, -0.2) is 15.7 Å². The lowest BCUT2D eigenvalue weighted by molar-refractivity contribution is 0.102. The Labute approximate surface area is 115 Å². The minimum absolute atomic E-state index is 0.314. The van der Waals surface area contributed by atoms with Gasteiger partial charge in [0, 0.05) is 18.1 Å². The summed E-state index contributed by atoms with van der Waals surface area (Å²) in [6.07, 6.45) is 0. The molecule has 0 aliphatic heterocycles. The SMILES string of the molecule is Cc1cc(NC(=O)c2cc(Cl)ccc2Cl)n(C)n1. The van der Waals surface area contributed by atoms with Gasteiger partial charge < -0.3 is 5.32 Å². The molecule has 1 heterocycles. The van der Waals surface area contributed by atoms with Crippen LogP contribution in [0, 0.1) is 6.92 Å². The van der Waals surface area contributed by atoms with Gasteiger partial charge in [-0.2, -0.15) is 5.10 Å². The minimum Gasteiger partial charge on any atom is -0.307 e. The molecular formula is C12H11Cl2N3O. The highest BCUT2D eigenvalue weighted by molar-refractivity contribution is 6.36. The first-order valence-corrected chi connectivity index (χ1v) is 6.00. The monoisotopic (exact) mass is 283 g/mol. The maximum atomic E-state index is 12.1. The van der Waals surface area contributed by atoms with Crippen LogP contribution in [0.5, 0.6) is 0 Å². The third kappa shape index (κ3) is 2.66. The molecule has 0 radical (unpaired) electrons. The first kappa shape index (κ1) is 12.9. The molecule has 2 aromatic rings. The smallest absolute Gasteiger partial charge is 0.258 e. The molecule has 0 saturated carbocycles. The van der Waals surface area contributed by atoms with Crippen LogP contribution >= 0.6 is 23.2 Å². The predicted molar refractivity (Wildman–Crippen MR) is 72.4 cm³/mol. The van der Waals surface area contributed by atoms with Crippen molar-refractivity contribution in [1.29, 1.82) is 0 Å². The predicted octanol–water partition coefficient (Wildman–Crippen LogP) is 3.29. The van der Waals surface area contributed by atoms with Gasteiger partial charge in [-0.25, -0.2) is 0 Å². The Bertz CT molecular complexity index is 607. The van der Waals surface area contributed by atoms with Gasteiger partial charge in [-0.15, -0.1) is 0 Å². The molecule has 0 atom stereocenters. The summed E-state index contributed by atoms with van der Waals surface area (Å²) in [7, 11) is 1.75. The normalized spacial score (nSPS) is 10.4. The van der Waals surface area contributed by atoms with Crippen molar-refractivity contribution in [3.05, 3.63) is 45.6 Å². The first-order chi connectivity index (χ1) is 8.47. The van der Waals surface area contributed by atoms with E-state index in [4.69, 9.17) is 23.2 Å². The zero-order valence-corrected chi connectivity index (χ0v) is 11.4. The molecule has 94 valence electrons. The van der Waals surface area contributed by atoms with Crippen LogP contribution in [0.1, 0.15) is 16.1 Å². The fraction of sp³-hybridized carbons (Fsp3) is 0.167. The van der Waals surface area contributed by atoms with E-state index in [9.17, 15) is 4.79 Å². The van der Waals surface area contributed by atoms with Crippen molar-refractivity contribution in [3.63, 3.8) is 0 Å². The molecule has 0 saturated heterocycles. The maximum absolute atomic E-state index is 12.1. The van der Waals surface area contributed by atoms with Crippen molar-refractivity contribution in [2.24, 2.45) is 7.05 Å². The second-order valence-corrected chi connectivity index (χ2v) is 4.72. The molecule has 0 unspecified atom stereocenters. The van der Waals surface area contributed by atoms with Crippen molar-refractivity contribution >= 4 is 34.9 Å². The van der Waals surface area contributed by atoms with Crippen LogP contribution in [0.15, 0.2) is 24.3 Å². The molecule has 1 aromatic carbocycles. The standard InChI is InChI=1S/C12H11Cl2N3O/c1-7-5-11(17(2)16-7)15-12(18)9-6-8(13)3-4-10(9)14/h3-6H,1-2H3,(H,15,18). The van der Waals surface area contributed by atoms with Gasteiger partial charge in [0.1, 0.15) is 5.82 Å². The van der Waals surface area contributed by atoms with Gasteiger partial charge in [0.25, 0.3) is 5.91 Å². The summed E-state index contributed by atoms with van der Waals surface area (Å²) in [5.41, 5.74) is 1.16. The number of benzene rings is 1. The van der Waals surface area contributed by atoms with E-state index >= 15 is 0 Å². The number of halogens is 2. The molecule has 4 nitrogen and oxygen atoms in total. The lowest BCUT2D eigenvalue weighted by Crippen LogP contribution is -2.15. The molecule has 6 heteroatoms. The summed E-state index contributed by atoms with van der Waals surface area (Å²) in [6.45, 7) is 1.85. The Morgan fingerprint density at radius 1 is 1.33 bits per heavy atom. The average Bonchev–Trinajstić information content (AvgIpc) is 2.61. The number of nitrogens with one attached hydrogen (secondary N) is 1. The summed E-state index contributed by atoms with van der Waals surface area (Å²) >= 11 is 11.8. The second kappa shape index (κ2) is 5.00. The largest absolute Gasteiger partial charge is 0.307 e. The highest BCUT2D eigenvalue weighted by Gasteiger charge is 2.13. The highest BCUT2D eigenvalue weighted by Crippen LogP contribution is 2.21. The number of hydrogen-bond acceptors (Lipinski definition) is 2. The van der Waals surface area contributed by atoms with Gasteiger partial charge in [0.05, 0.1) is 16.3 Å². The van der Waals surface area contributed by atoms with Gasteiger partial charge in [-0.05, 0) is 25.1 Å². The van der Waals surface area contributed by atoms with E-state index in [2.05, 4.69) is 10.4 Å². The number of amides is 1. The number of nitrogens with zero attached hydrogens (tertiary/aromatic N) is 2. The Morgan fingerprint density at radius 2 is 2.06 bits per heavy atom. The Balaban J connectivity index is 2.27. The van der Waals surface area contributed by atoms with Crippen LogP contribution in [0.2, 0.25) is 10.0 Å². The molecule has 0 spiro atoms. The van der Waals surface area contributed by atoms with Crippen LogP contribution in [0.25, 0.3) is 0 Å². The van der Waals surface area contributed by atoms with Gasteiger partial charge in [-0.3, -0.25) is 9.48 Å². The van der Waals surface area contributed by atoms with Gasteiger partial charge in [0.2, 0.25) is 0 Å². The molecule has 18 heavy (non-hydrogen) atoms. The van der Waals surface area contributed by atoms with Crippen molar-refractivity contribution < 1.29 is 4.79 Å². The third-order valence-electron chi connectivity index (χ3n) is 2.42. The Hall–Kier alpha value is -1.52. The lowest BCUT2D eigenvalue weighted by Gasteiger charge is -2.07. The molecule has 2 rings (SSSR count). The van der Waals surface area contributed by atoms with E-state index in [-0.39, 0.29) is 5.91 Å². The van der Waals surface area contributed by atoms with Gasteiger partial charge in [-0.1, -0.05) is 23.2 Å². The third-order valence-corrected chi connectivity index (χ3v) is 2.98. The molecule has 0 aliphatic carbocycles. The number of anilines is 1. The highest BCUT2D eigenvalue weighted by atomic mass is 35.5. The number of hydrogen-bond donors (Lipinski definition) is 1. The summed E-state index contributed by atoms with van der Waals surface area (Å²) in [5, 5.41) is 7.70. The van der Waals surface area contributed by atoms with Crippen LogP contribution < -0.4 is 5.32 Å². The maximum Gasteiger partial charge on any atom is 0.258 e. The van der Waals surface area contributed by atoms with Crippen molar-refractivity contribution in [2.75, 3.05) is 5.32 Å². The number of aryl methyl sites for hydroxylation is 2. The van der Waals surface area contributed by atoms with E-state index in [1.54, 1.807) is 29.9 Å².